The highest BCUT2D eigenvalue weighted by molar-refractivity contribution is 5.99. The molecule has 0 aliphatic rings. The highest BCUT2D eigenvalue weighted by Crippen LogP contribution is 2.15. The lowest BCUT2D eigenvalue weighted by Crippen LogP contribution is -2.26. The van der Waals surface area contributed by atoms with Gasteiger partial charge in [0.25, 0.3) is 0 Å². The Morgan fingerprint density at radius 3 is 2.17 bits per heavy atom. The van der Waals surface area contributed by atoms with Crippen LogP contribution in [-0.2, 0) is 0 Å². The van der Waals surface area contributed by atoms with Crippen LogP contribution in [0.1, 0.15) is 26.7 Å². The van der Waals surface area contributed by atoms with Crippen LogP contribution in [0, 0.1) is 0 Å². The first-order valence-electron chi connectivity index (χ1n) is 8.07. The Bertz CT molecular complexity index is 592. The van der Waals surface area contributed by atoms with Gasteiger partial charge in [0.15, 0.2) is 0 Å². The summed E-state index contributed by atoms with van der Waals surface area (Å²) in [6.45, 7) is 6.29. The third-order valence-electron chi connectivity index (χ3n) is 3.35. The molecule has 23 heavy (non-hydrogen) atoms. The molecule has 0 radical (unpaired) electrons. The number of nitrogens with one attached hydrogen (secondary N) is 2. The van der Waals surface area contributed by atoms with E-state index in [1.54, 1.807) is 6.20 Å². The summed E-state index contributed by atoms with van der Waals surface area (Å²) in [6, 6.07) is 12.9. The number of carbonyl (C=O) groups is 1. The number of urea groups is 1. The van der Waals surface area contributed by atoms with Gasteiger partial charge in [-0.2, -0.15) is 0 Å². The van der Waals surface area contributed by atoms with Crippen molar-refractivity contribution in [2.45, 2.75) is 26.7 Å². The zero-order valence-corrected chi connectivity index (χ0v) is 13.7. The van der Waals surface area contributed by atoms with Crippen LogP contribution in [-0.4, -0.2) is 24.1 Å². The zero-order valence-electron chi connectivity index (χ0n) is 13.7. The molecule has 5 heteroatoms. The molecule has 0 saturated carbocycles. The average molecular weight is 312 g/mol. The predicted molar refractivity (Wildman–Crippen MR) is 96.1 cm³/mol. The van der Waals surface area contributed by atoms with Gasteiger partial charge in [-0.1, -0.05) is 32.0 Å². The van der Waals surface area contributed by atoms with Crippen molar-refractivity contribution in [1.82, 2.24) is 4.98 Å². The Morgan fingerprint density at radius 2 is 1.61 bits per heavy atom. The standard InChI is InChI=1S/C18H24N4O/c1-3-12-22(13-4-2)17-11-10-16(14-19-17)21-18(23)20-15-8-6-5-7-9-15/h5-11,14H,3-4,12-13H2,1-2H3,(H2,20,21,23). The number of pyridine rings is 1. The lowest BCUT2D eigenvalue weighted by molar-refractivity contribution is 0.262. The van der Waals surface area contributed by atoms with Gasteiger partial charge in [-0.05, 0) is 37.1 Å². The highest BCUT2D eigenvalue weighted by Gasteiger charge is 2.07. The minimum atomic E-state index is -0.273. The van der Waals surface area contributed by atoms with Crippen LogP contribution in [0.2, 0.25) is 0 Å². The van der Waals surface area contributed by atoms with Crippen LogP contribution >= 0.6 is 0 Å². The molecule has 1 aromatic heterocycles. The fraction of sp³-hybridized carbons (Fsp3) is 0.333. The van der Waals surface area contributed by atoms with Crippen molar-refractivity contribution >= 4 is 23.2 Å². The van der Waals surface area contributed by atoms with Crippen molar-refractivity contribution in [2.75, 3.05) is 28.6 Å². The Balaban J connectivity index is 1.95. The summed E-state index contributed by atoms with van der Waals surface area (Å²) in [4.78, 5) is 18.7. The second-order valence-electron chi connectivity index (χ2n) is 5.34. The molecule has 0 saturated heterocycles. The summed E-state index contributed by atoms with van der Waals surface area (Å²) in [7, 11) is 0. The summed E-state index contributed by atoms with van der Waals surface area (Å²) in [5, 5.41) is 5.57. The molecular weight excluding hydrogens is 288 g/mol. The second kappa shape index (κ2) is 8.78. The van der Waals surface area contributed by atoms with Crippen molar-refractivity contribution < 1.29 is 4.79 Å². The molecule has 1 heterocycles. The van der Waals surface area contributed by atoms with Crippen LogP contribution < -0.4 is 15.5 Å². The van der Waals surface area contributed by atoms with E-state index in [9.17, 15) is 4.79 Å². The largest absolute Gasteiger partial charge is 0.357 e. The van der Waals surface area contributed by atoms with Gasteiger partial charge in [-0.3, -0.25) is 0 Å². The Labute approximate surface area is 137 Å². The van der Waals surface area contributed by atoms with Gasteiger partial charge in [-0.15, -0.1) is 0 Å². The fourth-order valence-corrected chi connectivity index (χ4v) is 2.34. The molecular formula is C18H24N4O. The third-order valence-corrected chi connectivity index (χ3v) is 3.35. The minimum absolute atomic E-state index is 0.273. The Morgan fingerprint density at radius 1 is 0.957 bits per heavy atom. The van der Waals surface area contributed by atoms with Gasteiger partial charge in [0.05, 0.1) is 11.9 Å². The van der Waals surface area contributed by atoms with Crippen LogP contribution in [0.3, 0.4) is 0 Å². The summed E-state index contributed by atoms with van der Waals surface area (Å²) in [6.07, 6.45) is 3.86. The van der Waals surface area contributed by atoms with E-state index in [0.717, 1.165) is 37.4 Å². The summed E-state index contributed by atoms with van der Waals surface area (Å²) >= 11 is 0. The molecule has 2 rings (SSSR count). The van der Waals surface area contributed by atoms with E-state index in [1.807, 2.05) is 42.5 Å². The molecule has 0 unspecified atom stereocenters. The highest BCUT2D eigenvalue weighted by atomic mass is 16.2. The van der Waals surface area contributed by atoms with Crippen molar-refractivity contribution in [3.63, 3.8) is 0 Å². The maximum absolute atomic E-state index is 11.9. The molecule has 2 amide bonds. The van der Waals surface area contributed by atoms with E-state index in [0.29, 0.717) is 5.69 Å². The number of rotatable bonds is 7. The summed E-state index contributed by atoms with van der Waals surface area (Å²) < 4.78 is 0. The smallest absolute Gasteiger partial charge is 0.323 e. The van der Waals surface area contributed by atoms with Crippen LogP contribution in [0.5, 0.6) is 0 Å². The maximum atomic E-state index is 11.9. The first kappa shape index (κ1) is 16.8. The van der Waals surface area contributed by atoms with Crippen LogP contribution in [0.15, 0.2) is 48.7 Å². The number of hydrogen-bond donors (Lipinski definition) is 2. The van der Waals surface area contributed by atoms with E-state index in [1.165, 1.54) is 0 Å². The molecule has 1 aromatic carbocycles. The molecule has 2 N–H and O–H groups in total. The number of para-hydroxylation sites is 1. The molecule has 0 fully saturated rings. The van der Waals surface area contributed by atoms with E-state index in [4.69, 9.17) is 0 Å². The molecule has 0 spiro atoms. The number of hydrogen-bond acceptors (Lipinski definition) is 3. The maximum Gasteiger partial charge on any atom is 0.323 e. The van der Waals surface area contributed by atoms with Crippen molar-refractivity contribution in [1.29, 1.82) is 0 Å². The number of carbonyl (C=O) groups excluding carboxylic acids is 1. The average Bonchev–Trinajstić information content (AvgIpc) is 2.56. The predicted octanol–water partition coefficient (Wildman–Crippen LogP) is 4.35. The molecule has 0 aliphatic carbocycles. The molecule has 122 valence electrons. The number of nitrogens with zero attached hydrogens (tertiary/aromatic N) is 2. The monoisotopic (exact) mass is 312 g/mol. The lowest BCUT2D eigenvalue weighted by atomic mass is 10.3. The quantitative estimate of drug-likeness (QED) is 0.799. The van der Waals surface area contributed by atoms with E-state index in [-0.39, 0.29) is 6.03 Å². The van der Waals surface area contributed by atoms with Gasteiger partial charge in [0.1, 0.15) is 5.82 Å². The van der Waals surface area contributed by atoms with Crippen LogP contribution in [0.4, 0.5) is 22.0 Å². The first-order valence-corrected chi connectivity index (χ1v) is 8.07. The molecule has 2 aromatic rings. The van der Waals surface area contributed by atoms with Crippen LogP contribution in [0.25, 0.3) is 0 Å². The zero-order chi connectivity index (χ0) is 16.5. The Kier molecular flexibility index (Phi) is 6.41. The van der Waals surface area contributed by atoms with Gasteiger partial charge in [0.2, 0.25) is 0 Å². The topological polar surface area (TPSA) is 57.3 Å². The number of benzene rings is 1. The summed E-state index contributed by atoms with van der Waals surface area (Å²) in [5.41, 5.74) is 1.43. The van der Waals surface area contributed by atoms with E-state index >= 15 is 0 Å². The fourth-order valence-electron chi connectivity index (χ4n) is 2.34. The van der Waals surface area contributed by atoms with Crippen molar-refractivity contribution in [2.24, 2.45) is 0 Å². The normalized spacial score (nSPS) is 10.2. The van der Waals surface area contributed by atoms with Gasteiger partial charge < -0.3 is 15.5 Å². The minimum Gasteiger partial charge on any atom is -0.357 e. The molecule has 0 atom stereocenters. The van der Waals surface area contributed by atoms with E-state index in [2.05, 4.69) is 34.4 Å². The number of anilines is 3. The van der Waals surface area contributed by atoms with Crippen molar-refractivity contribution in [3.05, 3.63) is 48.7 Å². The SMILES string of the molecule is CCCN(CCC)c1ccc(NC(=O)Nc2ccccc2)cn1. The Hall–Kier alpha value is -2.56. The number of aromatic nitrogens is 1. The van der Waals surface area contributed by atoms with Gasteiger partial charge in [-0.25, -0.2) is 9.78 Å². The molecule has 0 aliphatic heterocycles. The summed E-state index contributed by atoms with van der Waals surface area (Å²) in [5.74, 6) is 0.947. The van der Waals surface area contributed by atoms with Gasteiger partial charge in [0, 0.05) is 18.8 Å². The first-order chi connectivity index (χ1) is 11.2. The molecule has 0 bridgehead atoms. The second-order valence-corrected chi connectivity index (χ2v) is 5.34. The third kappa shape index (κ3) is 5.29. The van der Waals surface area contributed by atoms with Crippen molar-refractivity contribution in [3.8, 4) is 0 Å². The number of amides is 2. The van der Waals surface area contributed by atoms with E-state index < -0.39 is 0 Å². The molecule has 5 nitrogen and oxygen atoms in total. The lowest BCUT2D eigenvalue weighted by Gasteiger charge is -2.22. The van der Waals surface area contributed by atoms with Gasteiger partial charge >= 0.3 is 6.03 Å².